The molecule has 8 fully saturated rings. The van der Waals surface area contributed by atoms with Crippen LogP contribution in [0, 0.1) is 12.3 Å². The van der Waals surface area contributed by atoms with Gasteiger partial charge in [-0.05, 0) is 178 Å². The van der Waals surface area contributed by atoms with E-state index in [1.54, 1.807) is 126 Å². The summed E-state index contributed by atoms with van der Waals surface area (Å²) in [6.45, 7) is 49.2. The zero-order valence-corrected chi connectivity index (χ0v) is 88.9. The van der Waals surface area contributed by atoms with E-state index in [4.69, 9.17) is 37.6 Å². The number of carbonyl (C=O) groups is 8. The molecule has 0 atom stereocenters. The van der Waals surface area contributed by atoms with Gasteiger partial charge in [-0.1, -0.05) is 96.9 Å². The van der Waals surface area contributed by atoms with Crippen molar-refractivity contribution in [2.45, 2.75) is 354 Å². The Hall–Kier alpha value is -12.1. The standard InChI is InChI=1S/C30H41N5O3.C28H35F2N5O3.C27H33F2N5O3.C25H33F2N3O3/c1-18-15-24(33-32-18)34-13-14-35(30(7,8)27(34)37)26(36)23-17-22-25(38-23)20(28(2,3)4)16-21(31-22)19-9-11-29(5,6)12-10-19;1-26(2,3)18-14-20(17-6-9-28(29,30)10-7-17)32-21-15-22(38-23(18)21)25(37)35-13-12-34(16-27(35,4)5)24(36)19-8-11-31-33-19;1-25(2,3)18-12-19(16-6-8-27(28,29)9-7-16)32-20-13-21(37-22(18)20)23(35)34-11-10-33(17-14-30-31-15-17)24(36)26(34,4)5;1-23(2,3)16-13-17(15-7-9-25(26,27)10-8-15)28-18-14-19(33-20(16)18)21(31)30-12-11-29(6)22(32)24(30,4)5/h15-17,19H,9-14H2,1-8H3,(H,32,33);11,14-15,17H,6-10,12-13,16H2,1-5H3;12-16H,6-11H2,1-5H3,(H,30,31);13-15H,7-12H2,1-6H3. The van der Waals surface area contributed by atoms with Gasteiger partial charge in [0.1, 0.15) is 44.4 Å². The molecule has 0 radical (unpaired) electrons. The lowest BCUT2D eigenvalue weighted by Crippen LogP contribution is -2.64. The Bertz CT molecular complexity index is 6720. The molecule has 2 N–H and O–H groups in total. The van der Waals surface area contributed by atoms with E-state index >= 15 is 0 Å². The van der Waals surface area contributed by atoms with Crippen LogP contribution in [0.25, 0.3) is 44.4 Å². The molecule has 4 aliphatic carbocycles. The van der Waals surface area contributed by atoms with Crippen LogP contribution >= 0.6 is 0 Å². The van der Waals surface area contributed by atoms with Gasteiger partial charge in [-0.25, -0.2) is 46.3 Å². The lowest BCUT2D eigenvalue weighted by molar-refractivity contribution is -0.144. The van der Waals surface area contributed by atoms with E-state index in [2.05, 4.69) is 92.1 Å². The van der Waals surface area contributed by atoms with Crippen molar-refractivity contribution in [2.24, 2.45) is 15.6 Å². The Balaban J connectivity index is 0.000000139. The van der Waals surface area contributed by atoms with E-state index in [1.807, 2.05) is 86.6 Å². The Morgan fingerprint density at radius 1 is 0.404 bits per heavy atom. The van der Waals surface area contributed by atoms with Gasteiger partial charge in [-0.15, -0.1) is 5.10 Å². The zero-order valence-electron chi connectivity index (χ0n) is 88.9. The number of furan rings is 4. The Morgan fingerprint density at radius 2 is 0.733 bits per heavy atom. The fourth-order valence-electron chi connectivity index (χ4n) is 21.9. The normalized spacial score (nSPS) is 21.1. The lowest BCUT2D eigenvalue weighted by Gasteiger charge is -2.46. The maximum absolute atomic E-state index is 13.8. The summed E-state index contributed by atoms with van der Waals surface area (Å²) in [5.74, 6) is -8.28. The average molecular weight is 2020 g/mol. The number of H-pyrrole nitrogens is 2. The topological polar surface area (TPSA) is 349 Å². The first kappa shape index (κ1) is 107. The van der Waals surface area contributed by atoms with Crippen LogP contribution in [-0.2, 0) is 40.8 Å². The van der Waals surface area contributed by atoms with Crippen LogP contribution in [0.2, 0.25) is 0 Å². The Labute approximate surface area is 848 Å². The summed E-state index contributed by atoms with van der Waals surface area (Å²) in [7, 11) is 1.73. The minimum atomic E-state index is -2.62. The van der Waals surface area contributed by atoms with Gasteiger partial charge in [0.15, 0.2) is 51.2 Å². The summed E-state index contributed by atoms with van der Waals surface area (Å²) in [5, 5.41) is 21.5. The van der Waals surface area contributed by atoms with Gasteiger partial charge in [-0.2, -0.15) is 15.3 Å². The Kier molecular flexibility index (Phi) is 28.4. The van der Waals surface area contributed by atoms with E-state index in [-0.39, 0.29) is 148 Å². The van der Waals surface area contributed by atoms with Crippen LogP contribution in [0.15, 0.2) is 94.9 Å². The zero-order chi connectivity index (χ0) is 106. The van der Waals surface area contributed by atoms with Gasteiger partial charge in [0, 0.05) is 228 Å². The fraction of sp³-hybridized carbons (Fsp3) is 0.600. The molecule has 10 aromatic heterocycles. The van der Waals surface area contributed by atoms with E-state index in [1.165, 1.54) is 17.7 Å². The molecule has 15 heterocycles. The maximum Gasteiger partial charge on any atom is 0.290 e. The van der Waals surface area contributed by atoms with Crippen molar-refractivity contribution >= 4 is 115 Å². The van der Waals surface area contributed by atoms with Crippen LogP contribution in [-0.4, -0.2) is 235 Å². The van der Waals surface area contributed by atoms with Gasteiger partial charge in [0.2, 0.25) is 23.7 Å². The lowest BCUT2D eigenvalue weighted by atomic mass is 9.72. The summed E-state index contributed by atoms with van der Waals surface area (Å²) >= 11 is 0. The minimum absolute atomic E-state index is 0.0432. The second kappa shape index (κ2) is 38.8. The van der Waals surface area contributed by atoms with Crippen molar-refractivity contribution in [3.63, 3.8) is 0 Å². The maximum atomic E-state index is 13.8. The number of carbonyl (C=O) groups excluding carboxylic acids is 8. The van der Waals surface area contributed by atoms with Crippen molar-refractivity contribution in [1.82, 2.24) is 69.7 Å². The highest BCUT2D eigenvalue weighted by atomic mass is 19.3. The summed E-state index contributed by atoms with van der Waals surface area (Å²) < 4.78 is 107. The number of rotatable bonds is 11. The number of anilines is 2. The first-order valence-electron chi connectivity index (χ1n) is 51.4. The molecule has 786 valence electrons. The number of halogens is 6. The molecule has 146 heavy (non-hydrogen) atoms. The quantitative estimate of drug-likeness (QED) is 0.114. The number of aromatic amines is 2. The molecule has 30 nitrogen and oxygen atoms in total. The minimum Gasteiger partial charge on any atom is -0.449 e. The molecule has 4 saturated heterocycles. The molecular weight excluding hydrogens is 1880 g/mol. The SMILES string of the molecule is CC(C)(C)c1cc(C2CCC(F)(F)CC2)nc2cc(C(=O)N3CCN(C(=O)C4=NN=CC4)CC3(C)C)oc12.CC(C)(C)c1cc(C2CCC(F)(F)CC2)nc2cc(C(=O)N3CCN(c4cn[nH]c4)C(=O)C3(C)C)oc12.CN1CCN(C(=O)c2cc3nc(C4CCC(F)(F)CC4)cc(C(C)(C)C)c3o2)C(C)(C)C1=O.Cc1cc(N2CCN(C(=O)c3cc4nc(C5CCC(C)(C)CC5)cc(C(C)(C)C)c4o3)C(C)(C)C2=O)n[nH]1. The summed E-state index contributed by atoms with van der Waals surface area (Å²) in [6.07, 6.45) is 11.3. The third kappa shape index (κ3) is 21.8. The number of aromatic nitrogens is 8. The van der Waals surface area contributed by atoms with Gasteiger partial charge in [-0.3, -0.25) is 53.5 Å². The van der Waals surface area contributed by atoms with Crippen molar-refractivity contribution in [3.8, 4) is 0 Å². The summed E-state index contributed by atoms with van der Waals surface area (Å²) in [5.41, 5.74) is 9.25. The fourth-order valence-corrected chi connectivity index (χ4v) is 21.9. The largest absolute Gasteiger partial charge is 0.449 e. The predicted molar refractivity (Wildman–Crippen MR) is 546 cm³/mol. The van der Waals surface area contributed by atoms with Crippen LogP contribution in [0.3, 0.4) is 0 Å². The second-order valence-electron chi connectivity index (χ2n) is 48.6. The van der Waals surface area contributed by atoms with Crippen LogP contribution < -0.4 is 9.80 Å². The van der Waals surface area contributed by atoms with E-state index in [0.717, 1.165) is 69.1 Å². The number of alkyl halides is 6. The number of pyridine rings is 4. The van der Waals surface area contributed by atoms with Crippen molar-refractivity contribution in [1.29, 1.82) is 0 Å². The smallest absolute Gasteiger partial charge is 0.290 e. The Morgan fingerprint density at radius 3 is 1.05 bits per heavy atom. The number of amides is 8. The first-order valence-corrected chi connectivity index (χ1v) is 51.4. The number of hydrogen-bond donors (Lipinski definition) is 2. The number of fused-ring (bicyclic) bond motifs is 4. The van der Waals surface area contributed by atoms with Gasteiger partial charge < -0.3 is 52.0 Å². The van der Waals surface area contributed by atoms with Crippen LogP contribution in [0.1, 0.15) is 378 Å². The highest BCUT2D eigenvalue weighted by molar-refractivity contribution is 6.41. The number of likely N-dealkylation sites (N-methyl/N-ethyl adjacent to an activating group) is 1. The number of aryl methyl sites for hydroxylation is 1. The predicted octanol–water partition coefficient (Wildman–Crippen LogP) is 21.9. The summed E-state index contributed by atoms with van der Waals surface area (Å²) in [4.78, 5) is 139. The number of nitrogens with one attached hydrogen (secondary N) is 2. The molecule has 19 rings (SSSR count). The molecule has 9 aliphatic rings. The van der Waals surface area contributed by atoms with Crippen molar-refractivity contribution < 1.29 is 82.4 Å². The monoisotopic (exact) mass is 2020 g/mol. The molecule has 10 aromatic rings. The van der Waals surface area contributed by atoms with Gasteiger partial charge in [0.25, 0.3) is 41.4 Å². The molecule has 0 spiro atoms. The molecule has 4 saturated carbocycles. The molecule has 0 unspecified atom stereocenters. The average Bonchev–Trinajstić information content (AvgIpc) is 1.60. The summed E-state index contributed by atoms with van der Waals surface area (Å²) in [6, 6.07) is 16.6. The third-order valence-electron chi connectivity index (χ3n) is 31.1. The number of hydrogen-bond acceptors (Lipinski definition) is 20. The first-order chi connectivity index (χ1) is 67.9. The van der Waals surface area contributed by atoms with Crippen molar-refractivity contribution in [2.75, 3.05) is 75.8 Å². The van der Waals surface area contributed by atoms with Crippen LogP contribution in [0.5, 0.6) is 0 Å². The number of nitrogens with zero attached hydrogens (tertiary/aromatic N) is 16. The van der Waals surface area contributed by atoms with E-state index in [9.17, 15) is 64.7 Å². The number of piperazine rings is 4. The van der Waals surface area contributed by atoms with Crippen LogP contribution in [0.4, 0.5) is 37.8 Å². The molecule has 0 aromatic carbocycles. The van der Waals surface area contributed by atoms with Gasteiger partial charge >= 0.3 is 0 Å². The third-order valence-corrected chi connectivity index (χ3v) is 31.1. The molecule has 5 aliphatic heterocycles. The second-order valence-corrected chi connectivity index (χ2v) is 48.6. The highest BCUT2D eigenvalue weighted by Crippen LogP contribution is 2.50. The van der Waals surface area contributed by atoms with E-state index < -0.39 is 39.9 Å². The van der Waals surface area contributed by atoms with Crippen molar-refractivity contribution in [3.05, 3.63) is 141 Å². The highest BCUT2D eigenvalue weighted by Gasteiger charge is 2.52. The van der Waals surface area contributed by atoms with Gasteiger partial charge in [0.05, 0.1) is 17.4 Å². The van der Waals surface area contributed by atoms with E-state index in [0.29, 0.717) is 171 Å². The molecule has 36 heteroatoms. The molecule has 8 amide bonds. The molecule has 0 bridgehead atoms. The molecular formula is C110H142F6N18O12.